The molecule has 0 unspecified atom stereocenters. The molecule has 0 bridgehead atoms. The number of esters is 1. The number of nitrogens with zero attached hydrogens (tertiary/aromatic N) is 4. The van der Waals surface area contributed by atoms with Gasteiger partial charge in [0.2, 0.25) is 0 Å². The van der Waals surface area contributed by atoms with Crippen LogP contribution in [0.5, 0.6) is 0 Å². The number of aromatic nitrogens is 2. The molecular weight excluding hydrogens is 592 g/mol. The van der Waals surface area contributed by atoms with E-state index in [4.69, 9.17) is 9.47 Å². The van der Waals surface area contributed by atoms with Crippen molar-refractivity contribution in [1.29, 1.82) is 0 Å². The lowest BCUT2D eigenvalue weighted by Gasteiger charge is -2.28. The summed E-state index contributed by atoms with van der Waals surface area (Å²) < 4.78 is 40.1. The first-order valence-electron chi connectivity index (χ1n) is 15.2. The van der Waals surface area contributed by atoms with Crippen molar-refractivity contribution in [3.63, 3.8) is 0 Å². The number of hydrogen-bond acceptors (Lipinski definition) is 8. The Morgan fingerprint density at radius 3 is 2.09 bits per heavy atom. The second kappa shape index (κ2) is 13.3. The van der Waals surface area contributed by atoms with Crippen molar-refractivity contribution in [2.45, 2.75) is 102 Å². The Bertz CT molecular complexity index is 1590. The Balaban J connectivity index is 1.66. The van der Waals surface area contributed by atoms with Gasteiger partial charge in [-0.1, -0.05) is 43.3 Å². The fraction of sp³-hybridized carbons (Fsp3) is 0.471. The molecule has 1 saturated carbocycles. The molecule has 1 fully saturated rings. The molecule has 11 heteroatoms. The average molecular weight is 637 g/mol. The highest BCUT2D eigenvalue weighted by Gasteiger charge is 2.42. The number of benzene rings is 1. The fourth-order valence-corrected chi connectivity index (χ4v) is 6.30. The van der Waals surface area contributed by atoms with Crippen molar-refractivity contribution >= 4 is 27.9 Å². The van der Waals surface area contributed by atoms with Crippen LogP contribution in [0.25, 0.3) is 0 Å². The number of ether oxygens (including phenoxy) is 2. The maximum Gasteiger partial charge on any atom is 0.416 e. The van der Waals surface area contributed by atoms with Crippen LogP contribution in [0, 0.1) is 0 Å². The zero-order valence-corrected chi connectivity index (χ0v) is 28.1. The first-order chi connectivity index (χ1) is 21.0. The third-order valence-corrected chi connectivity index (χ3v) is 9.13. The molecule has 0 spiro atoms. The monoisotopic (exact) mass is 636 g/mol. The van der Waals surface area contributed by atoms with E-state index in [1.807, 2.05) is 12.1 Å². The second-order valence-corrected chi connectivity index (χ2v) is 15.3. The maximum absolute atomic E-state index is 13.9. The quantitative estimate of drug-likeness (QED) is 0.222. The topological polar surface area (TPSA) is 119 Å². The van der Waals surface area contributed by atoms with Gasteiger partial charge in [-0.2, -0.15) is 4.31 Å². The van der Waals surface area contributed by atoms with E-state index in [1.165, 1.54) is 35.0 Å². The Morgan fingerprint density at radius 1 is 0.867 bits per heavy atom. The fourth-order valence-electron chi connectivity index (χ4n) is 4.97. The van der Waals surface area contributed by atoms with Crippen molar-refractivity contribution in [2.75, 3.05) is 11.4 Å². The highest BCUT2D eigenvalue weighted by Crippen LogP contribution is 2.50. The summed E-state index contributed by atoms with van der Waals surface area (Å²) in [5.41, 5.74) is 1.10. The van der Waals surface area contributed by atoms with Crippen LogP contribution in [0.15, 0.2) is 71.9 Å². The van der Waals surface area contributed by atoms with Crippen LogP contribution < -0.4 is 4.90 Å². The number of hydrogen-bond donors (Lipinski definition) is 0. The normalized spacial score (nSPS) is 14.6. The maximum atomic E-state index is 13.9. The number of sulfonamides is 1. The Morgan fingerprint density at radius 2 is 1.53 bits per heavy atom. The van der Waals surface area contributed by atoms with Crippen LogP contribution in [-0.4, -0.2) is 52.5 Å². The number of carbonyl (C=O) groups excluding carboxylic acids is 2. The van der Waals surface area contributed by atoms with Gasteiger partial charge in [0, 0.05) is 12.7 Å². The molecule has 2 heterocycles. The Kier molecular flexibility index (Phi) is 10.0. The van der Waals surface area contributed by atoms with Crippen LogP contribution in [0.1, 0.15) is 84.5 Å². The molecule has 1 aromatic carbocycles. The smallest absolute Gasteiger partial charge is 0.416 e. The zero-order chi connectivity index (χ0) is 33.0. The van der Waals surface area contributed by atoms with Crippen LogP contribution in [0.3, 0.4) is 0 Å². The van der Waals surface area contributed by atoms with E-state index in [9.17, 15) is 18.0 Å². The lowest BCUT2D eigenvalue weighted by atomic mass is 9.92. The Labute approximate surface area is 266 Å². The van der Waals surface area contributed by atoms with E-state index in [0.29, 0.717) is 5.69 Å². The molecule has 0 saturated heterocycles. The van der Waals surface area contributed by atoms with Crippen molar-refractivity contribution in [1.82, 2.24) is 14.3 Å². The zero-order valence-electron chi connectivity index (χ0n) is 27.2. The summed E-state index contributed by atoms with van der Waals surface area (Å²) in [7, 11) is -4.04. The number of carbonyl (C=O) groups is 2. The second-order valence-electron chi connectivity index (χ2n) is 13.4. The summed E-state index contributed by atoms with van der Waals surface area (Å²) in [6.45, 7) is 12.1. The SMILES string of the molecule is CCC1(c2ccc(CN(Cc3cccc(N(CC(=O)OC(C)(C)C)C(=O)OC(C)(C)C)n3)S(=O)(=O)c3ccccn3)cc2)CC1. The van der Waals surface area contributed by atoms with Gasteiger partial charge in [0.15, 0.2) is 5.03 Å². The minimum Gasteiger partial charge on any atom is -0.459 e. The van der Waals surface area contributed by atoms with Crippen LogP contribution in [0.2, 0.25) is 0 Å². The molecular formula is C34H44N4O6S. The highest BCUT2D eigenvalue weighted by molar-refractivity contribution is 7.89. The lowest BCUT2D eigenvalue weighted by molar-refractivity contribution is -0.153. The molecule has 1 aliphatic carbocycles. The summed E-state index contributed by atoms with van der Waals surface area (Å²) in [5.74, 6) is -0.513. The third-order valence-electron chi connectivity index (χ3n) is 7.43. The van der Waals surface area contributed by atoms with Gasteiger partial charge in [0.05, 0.1) is 12.2 Å². The van der Waals surface area contributed by atoms with Crippen molar-refractivity contribution in [3.05, 3.63) is 83.7 Å². The van der Waals surface area contributed by atoms with Crippen LogP contribution in [0.4, 0.5) is 10.6 Å². The van der Waals surface area contributed by atoms with Gasteiger partial charge in [0.1, 0.15) is 23.6 Å². The lowest BCUT2D eigenvalue weighted by Crippen LogP contribution is -2.42. The summed E-state index contributed by atoms with van der Waals surface area (Å²) in [5, 5.41) is -0.0824. The van der Waals surface area contributed by atoms with E-state index >= 15 is 0 Å². The largest absolute Gasteiger partial charge is 0.459 e. The number of amides is 1. The van der Waals surface area contributed by atoms with Gasteiger partial charge in [-0.25, -0.2) is 23.2 Å². The van der Waals surface area contributed by atoms with Crippen molar-refractivity contribution in [3.8, 4) is 0 Å². The molecule has 2 aromatic heterocycles. The summed E-state index contributed by atoms with van der Waals surface area (Å²) in [6, 6.07) is 17.8. The number of anilines is 1. The first kappa shape index (κ1) is 34.1. The van der Waals surface area contributed by atoms with Gasteiger partial charge < -0.3 is 9.47 Å². The van der Waals surface area contributed by atoms with Crippen molar-refractivity contribution in [2.24, 2.45) is 0 Å². The molecule has 3 aromatic rings. The van der Waals surface area contributed by atoms with E-state index < -0.39 is 39.8 Å². The van der Waals surface area contributed by atoms with E-state index in [0.717, 1.165) is 16.9 Å². The Hall–Kier alpha value is -3.83. The van der Waals surface area contributed by atoms with Gasteiger partial charge in [-0.15, -0.1) is 0 Å². The predicted octanol–water partition coefficient (Wildman–Crippen LogP) is 6.39. The third kappa shape index (κ3) is 9.11. The van der Waals surface area contributed by atoms with E-state index in [-0.39, 0.29) is 29.3 Å². The standard InChI is InChI=1S/C34H44N4O6S/c1-8-34(19-20-34)26-17-15-25(16-18-26)22-37(45(41,42)29-14-9-10-21-35-29)23-27-12-11-13-28(36-27)38(31(40)44-33(5,6)7)24-30(39)43-32(2,3)4/h9-18,21H,8,19-20,22-24H2,1-7H3. The van der Waals surface area contributed by atoms with Gasteiger partial charge >= 0.3 is 12.1 Å². The average Bonchev–Trinajstić information content (AvgIpc) is 3.76. The molecule has 1 amide bonds. The number of rotatable bonds is 11. The first-order valence-corrected chi connectivity index (χ1v) is 16.6. The molecule has 45 heavy (non-hydrogen) atoms. The summed E-state index contributed by atoms with van der Waals surface area (Å²) >= 11 is 0. The van der Waals surface area contributed by atoms with Gasteiger partial charge in [0.25, 0.3) is 10.0 Å². The van der Waals surface area contributed by atoms with Crippen molar-refractivity contribution < 1.29 is 27.5 Å². The predicted molar refractivity (Wildman–Crippen MR) is 172 cm³/mol. The van der Waals surface area contributed by atoms with Gasteiger partial charge in [-0.3, -0.25) is 9.69 Å². The molecule has 0 aliphatic heterocycles. The molecule has 1 aliphatic rings. The minimum absolute atomic E-state index is 0.0813. The highest BCUT2D eigenvalue weighted by atomic mass is 32.2. The molecule has 242 valence electrons. The van der Waals surface area contributed by atoms with E-state index in [2.05, 4.69) is 29.0 Å². The van der Waals surface area contributed by atoms with Gasteiger partial charge in [-0.05, 0) is 102 Å². The molecule has 10 nitrogen and oxygen atoms in total. The van der Waals surface area contributed by atoms with E-state index in [1.54, 1.807) is 71.9 Å². The molecule has 0 radical (unpaired) electrons. The number of pyridine rings is 2. The molecule has 0 N–H and O–H groups in total. The van der Waals surface area contributed by atoms with Crippen LogP contribution >= 0.6 is 0 Å². The summed E-state index contributed by atoms with van der Waals surface area (Å²) in [4.78, 5) is 35.9. The molecule has 4 rings (SSSR count). The van der Waals surface area contributed by atoms with Crippen LogP contribution in [-0.2, 0) is 42.8 Å². The minimum atomic E-state index is -4.04. The summed E-state index contributed by atoms with van der Waals surface area (Å²) in [6.07, 6.45) is 4.06. The molecule has 0 atom stereocenters.